The third-order valence-electron chi connectivity index (χ3n) is 3.28. The van der Waals surface area contributed by atoms with Crippen LogP contribution in [0.15, 0.2) is 12.3 Å². The Labute approximate surface area is 114 Å². The van der Waals surface area contributed by atoms with Gasteiger partial charge < -0.3 is 11.1 Å². The molecule has 0 radical (unpaired) electrons. The monoisotopic (exact) mass is 293 g/mol. The molecule has 7 heteroatoms. The van der Waals surface area contributed by atoms with Crippen molar-refractivity contribution in [3.63, 3.8) is 0 Å². The lowest BCUT2D eigenvalue weighted by atomic mass is 9.92. The third-order valence-corrected chi connectivity index (χ3v) is 3.57. The van der Waals surface area contributed by atoms with Crippen LogP contribution >= 0.6 is 11.6 Å². The summed E-state index contributed by atoms with van der Waals surface area (Å²) < 4.78 is 37.4. The van der Waals surface area contributed by atoms with E-state index < -0.39 is 11.7 Å². The van der Waals surface area contributed by atoms with Crippen molar-refractivity contribution in [3.05, 3.63) is 22.8 Å². The summed E-state index contributed by atoms with van der Waals surface area (Å²) >= 11 is 5.83. The van der Waals surface area contributed by atoms with Crippen molar-refractivity contribution >= 4 is 17.4 Å². The summed E-state index contributed by atoms with van der Waals surface area (Å²) in [7, 11) is 0. The largest absolute Gasteiger partial charge is 0.417 e. The minimum absolute atomic E-state index is 0.00954. The lowest BCUT2D eigenvalue weighted by molar-refractivity contribution is -0.137. The molecule has 0 spiro atoms. The molecule has 1 aromatic heterocycles. The quantitative estimate of drug-likeness (QED) is 0.878. The molecule has 106 valence electrons. The second-order valence-electron chi connectivity index (χ2n) is 4.81. The number of anilines is 1. The van der Waals surface area contributed by atoms with Crippen molar-refractivity contribution in [1.29, 1.82) is 0 Å². The molecule has 1 aliphatic rings. The van der Waals surface area contributed by atoms with Crippen molar-refractivity contribution < 1.29 is 13.2 Å². The number of hydrogen-bond donors (Lipinski definition) is 2. The van der Waals surface area contributed by atoms with Gasteiger partial charge in [0.2, 0.25) is 0 Å². The molecule has 2 rings (SSSR count). The maximum Gasteiger partial charge on any atom is 0.417 e. The topological polar surface area (TPSA) is 50.9 Å². The molecule has 3 N–H and O–H groups in total. The Balaban J connectivity index is 2.05. The van der Waals surface area contributed by atoms with Gasteiger partial charge in [-0.25, -0.2) is 4.98 Å². The zero-order chi connectivity index (χ0) is 14.0. The van der Waals surface area contributed by atoms with Gasteiger partial charge in [0.1, 0.15) is 5.82 Å². The maximum absolute atomic E-state index is 12.5. The Morgan fingerprint density at radius 3 is 2.42 bits per heavy atom. The summed E-state index contributed by atoms with van der Waals surface area (Å²) in [5, 5.41) is 3.07. The second-order valence-corrected chi connectivity index (χ2v) is 5.22. The molecule has 0 saturated heterocycles. The molecule has 0 bridgehead atoms. The first-order valence-corrected chi connectivity index (χ1v) is 6.49. The third kappa shape index (κ3) is 3.73. The molecule has 0 aromatic carbocycles. The van der Waals surface area contributed by atoms with Crippen molar-refractivity contribution in [2.75, 3.05) is 5.32 Å². The summed E-state index contributed by atoms with van der Waals surface area (Å²) in [5.41, 5.74) is 4.95. The van der Waals surface area contributed by atoms with Crippen LogP contribution in [0.25, 0.3) is 0 Å². The minimum Gasteiger partial charge on any atom is -0.366 e. The van der Waals surface area contributed by atoms with E-state index in [0.717, 1.165) is 37.9 Å². The van der Waals surface area contributed by atoms with Gasteiger partial charge in [0.05, 0.1) is 10.6 Å². The van der Waals surface area contributed by atoms with Crippen LogP contribution in [-0.2, 0) is 6.18 Å². The first-order chi connectivity index (χ1) is 8.86. The Hall–Kier alpha value is -1.01. The standard InChI is InChI=1S/C12H15ClF3N3/c13-10-5-7(12(14,15)16)6-18-11(10)19-9-3-1-8(17)2-4-9/h5-6,8-9H,1-4,17H2,(H,18,19). The van der Waals surface area contributed by atoms with Crippen LogP contribution in [0.4, 0.5) is 19.0 Å². The molecule has 0 atom stereocenters. The van der Waals surface area contributed by atoms with Crippen molar-refractivity contribution in [3.8, 4) is 0 Å². The molecule has 3 nitrogen and oxygen atoms in total. The summed E-state index contributed by atoms with van der Waals surface area (Å²) in [5.74, 6) is 0.301. The van der Waals surface area contributed by atoms with Gasteiger partial charge in [-0.2, -0.15) is 13.2 Å². The summed E-state index contributed by atoms with van der Waals surface area (Å²) in [6.45, 7) is 0. The molecule has 0 aliphatic heterocycles. The van der Waals surface area contributed by atoms with Crippen LogP contribution in [0.1, 0.15) is 31.2 Å². The predicted octanol–water partition coefficient (Wildman–Crippen LogP) is 3.44. The SMILES string of the molecule is NC1CCC(Nc2ncc(C(F)(F)F)cc2Cl)CC1. The van der Waals surface area contributed by atoms with E-state index in [-0.39, 0.29) is 17.1 Å². The Kier molecular flexibility index (Phi) is 4.20. The number of aromatic nitrogens is 1. The average Bonchev–Trinajstić information content (AvgIpc) is 2.33. The number of alkyl halides is 3. The highest BCUT2D eigenvalue weighted by molar-refractivity contribution is 6.33. The van der Waals surface area contributed by atoms with Gasteiger partial charge in [-0.15, -0.1) is 0 Å². The number of nitrogens with two attached hydrogens (primary N) is 1. The van der Waals surface area contributed by atoms with Gasteiger partial charge in [0, 0.05) is 18.3 Å². The fraction of sp³-hybridized carbons (Fsp3) is 0.583. The number of pyridine rings is 1. The van der Waals surface area contributed by atoms with Gasteiger partial charge in [-0.3, -0.25) is 0 Å². The average molecular weight is 294 g/mol. The van der Waals surface area contributed by atoms with Crippen LogP contribution in [0.2, 0.25) is 5.02 Å². The number of rotatable bonds is 2. The zero-order valence-electron chi connectivity index (χ0n) is 10.2. The Bertz CT molecular complexity index is 442. The van der Waals surface area contributed by atoms with Crippen LogP contribution in [0, 0.1) is 0 Å². The maximum atomic E-state index is 12.5. The molecule has 1 heterocycles. The number of hydrogen-bond acceptors (Lipinski definition) is 3. The van der Waals surface area contributed by atoms with Crippen LogP contribution < -0.4 is 11.1 Å². The molecular formula is C12H15ClF3N3. The summed E-state index contributed by atoms with van der Waals surface area (Å²) in [4.78, 5) is 3.76. The molecule has 0 unspecified atom stereocenters. The zero-order valence-corrected chi connectivity index (χ0v) is 10.9. The van der Waals surface area contributed by atoms with Crippen LogP contribution in [0.5, 0.6) is 0 Å². The van der Waals surface area contributed by atoms with Gasteiger partial charge >= 0.3 is 6.18 Å². The van der Waals surface area contributed by atoms with Crippen molar-refractivity contribution in [1.82, 2.24) is 4.98 Å². The van der Waals surface area contributed by atoms with E-state index in [4.69, 9.17) is 17.3 Å². The first kappa shape index (κ1) is 14.4. The lowest BCUT2D eigenvalue weighted by Gasteiger charge is -2.27. The van der Waals surface area contributed by atoms with E-state index in [1.807, 2.05) is 0 Å². The lowest BCUT2D eigenvalue weighted by Crippen LogP contribution is -2.33. The van der Waals surface area contributed by atoms with Gasteiger partial charge in [0.25, 0.3) is 0 Å². The molecule has 19 heavy (non-hydrogen) atoms. The van der Waals surface area contributed by atoms with E-state index in [1.165, 1.54) is 0 Å². The Morgan fingerprint density at radius 2 is 1.89 bits per heavy atom. The number of nitrogens with one attached hydrogen (secondary N) is 1. The minimum atomic E-state index is -4.42. The van der Waals surface area contributed by atoms with Crippen LogP contribution in [-0.4, -0.2) is 17.1 Å². The van der Waals surface area contributed by atoms with E-state index in [2.05, 4.69) is 10.3 Å². The van der Waals surface area contributed by atoms with Gasteiger partial charge in [0.15, 0.2) is 0 Å². The number of nitrogens with zero attached hydrogens (tertiary/aromatic N) is 1. The first-order valence-electron chi connectivity index (χ1n) is 6.11. The highest BCUT2D eigenvalue weighted by Crippen LogP contribution is 2.33. The fourth-order valence-electron chi connectivity index (χ4n) is 2.16. The molecule has 1 fully saturated rings. The fourth-order valence-corrected chi connectivity index (χ4v) is 2.38. The summed E-state index contributed by atoms with van der Waals surface area (Å²) in [6.07, 6.45) is -0.0816. The van der Waals surface area contributed by atoms with Crippen molar-refractivity contribution in [2.24, 2.45) is 5.73 Å². The highest BCUT2D eigenvalue weighted by Gasteiger charge is 2.31. The van der Waals surface area contributed by atoms with Crippen molar-refractivity contribution in [2.45, 2.75) is 43.9 Å². The normalized spacial score (nSPS) is 24.3. The smallest absolute Gasteiger partial charge is 0.366 e. The molecule has 1 saturated carbocycles. The van der Waals surface area contributed by atoms with Gasteiger partial charge in [-0.1, -0.05) is 11.6 Å². The Morgan fingerprint density at radius 1 is 1.26 bits per heavy atom. The van der Waals surface area contributed by atoms with E-state index in [9.17, 15) is 13.2 Å². The number of halogens is 4. The van der Waals surface area contributed by atoms with E-state index in [0.29, 0.717) is 5.82 Å². The second kappa shape index (κ2) is 5.54. The highest BCUT2D eigenvalue weighted by atomic mass is 35.5. The van der Waals surface area contributed by atoms with Gasteiger partial charge in [-0.05, 0) is 31.7 Å². The molecular weight excluding hydrogens is 279 g/mol. The summed E-state index contributed by atoms with van der Waals surface area (Å²) in [6, 6.07) is 1.28. The molecule has 0 amide bonds. The molecule has 1 aliphatic carbocycles. The predicted molar refractivity (Wildman–Crippen MR) is 68.1 cm³/mol. The van der Waals surface area contributed by atoms with Crippen LogP contribution in [0.3, 0.4) is 0 Å². The molecule has 1 aromatic rings. The van der Waals surface area contributed by atoms with E-state index >= 15 is 0 Å². The van der Waals surface area contributed by atoms with E-state index in [1.54, 1.807) is 0 Å².